The van der Waals surface area contributed by atoms with Crippen molar-refractivity contribution in [3.63, 3.8) is 0 Å². The van der Waals surface area contributed by atoms with Crippen molar-refractivity contribution in [1.29, 1.82) is 10.7 Å². The predicted molar refractivity (Wildman–Crippen MR) is 78.2 cm³/mol. The summed E-state index contributed by atoms with van der Waals surface area (Å²) in [7, 11) is -0.540. The second-order valence-electron chi connectivity index (χ2n) is 6.65. The molecule has 0 spiro atoms. The second-order valence-corrected chi connectivity index (χ2v) is 6.65. The Bertz CT molecular complexity index is 459. The number of nitrogens with one attached hydrogen (secondary N) is 2. The van der Waals surface area contributed by atoms with Crippen molar-refractivity contribution < 1.29 is 9.31 Å². The lowest BCUT2D eigenvalue weighted by atomic mass is 9.79. The summed E-state index contributed by atoms with van der Waals surface area (Å²) in [6.07, 6.45) is 4.86. The molecule has 0 atom stereocenters. The first-order chi connectivity index (χ1) is 9.25. The molecule has 6 heteroatoms. The monoisotopic (exact) mass is 275 g/mol. The normalized spacial score (nSPS) is 25.9. The molecule has 2 fully saturated rings. The van der Waals surface area contributed by atoms with Gasteiger partial charge in [0, 0.05) is 18.2 Å². The van der Waals surface area contributed by atoms with Crippen molar-refractivity contribution in [2.75, 3.05) is 6.54 Å². The van der Waals surface area contributed by atoms with Gasteiger partial charge in [0.05, 0.1) is 22.7 Å². The lowest BCUT2D eigenvalue weighted by Crippen LogP contribution is -2.41. The molecule has 0 aromatic carbocycles. The molecule has 0 bridgehead atoms. The summed E-state index contributed by atoms with van der Waals surface area (Å²) < 4.78 is 11.8. The summed E-state index contributed by atoms with van der Waals surface area (Å²) in [5.41, 5.74) is -0.397. The standard InChI is InChI=1S/C14H22BN3O2/c1-12(2)13(3,4)20-15(19-12)11(7-16)8-18-10-14(9-17)5-6-14/h7-8,16,18H,5-6,10H2,1-4H3/b11-8+,16-7?. The fourth-order valence-electron chi connectivity index (χ4n) is 2.00. The summed E-state index contributed by atoms with van der Waals surface area (Å²) in [6, 6.07) is 2.33. The Morgan fingerprint density at radius 1 is 1.30 bits per heavy atom. The number of nitriles is 1. The highest BCUT2D eigenvalue weighted by molar-refractivity contribution is 6.60. The van der Waals surface area contributed by atoms with E-state index in [1.807, 2.05) is 27.7 Å². The van der Waals surface area contributed by atoms with Gasteiger partial charge in [-0.25, -0.2) is 0 Å². The van der Waals surface area contributed by atoms with Crippen LogP contribution in [0.25, 0.3) is 0 Å². The van der Waals surface area contributed by atoms with Gasteiger partial charge in [0.2, 0.25) is 0 Å². The van der Waals surface area contributed by atoms with Crippen LogP contribution in [0.2, 0.25) is 0 Å². The molecule has 1 saturated heterocycles. The van der Waals surface area contributed by atoms with Crippen LogP contribution < -0.4 is 5.32 Å². The summed E-state index contributed by atoms with van der Waals surface area (Å²) in [5, 5.41) is 19.7. The van der Waals surface area contributed by atoms with Crippen LogP contribution in [0.15, 0.2) is 11.7 Å². The number of allylic oxidation sites excluding steroid dienone is 1. The molecule has 2 N–H and O–H groups in total. The third kappa shape index (κ3) is 2.74. The first-order valence-electron chi connectivity index (χ1n) is 6.96. The molecular formula is C14H22BN3O2. The van der Waals surface area contributed by atoms with E-state index in [1.54, 1.807) is 6.20 Å². The Morgan fingerprint density at radius 2 is 1.85 bits per heavy atom. The fourth-order valence-corrected chi connectivity index (χ4v) is 2.00. The predicted octanol–water partition coefficient (Wildman–Crippen LogP) is 2.04. The van der Waals surface area contributed by atoms with E-state index in [0.717, 1.165) is 12.8 Å². The summed E-state index contributed by atoms with van der Waals surface area (Å²) in [4.78, 5) is 0. The van der Waals surface area contributed by atoms with E-state index in [2.05, 4.69) is 11.4 Å². The van der Waals surface area contributed by atoms with E-state index in [9.17, 15) is 0 Å². The average molecular weight is 275 g/mol. The Kier molecular flexibility index (Phi) is 3.70. The minimum Gasteiger partial charge on any atom is -0.399 e. The third-order valence-electron chi connectivity index (χ3n) is 4.49. The number of hydrogen-bond donors (Lipinski definition) is 2. The van der Waals surface area contributed by atoms with Crippen LogP contribution in [0.5, 0.6) is 0 Å². The maximum atomic E-state index is 9.02. The lowest BCUT2D eigenvalue weighted by Gasteiger charge is -2.32. The van der Waals surface area contributed by atoms with Crippen molar-refractivity contribution in [2.45, 2.75) is 51.7 Å². The topological polar surface area (TPSA) is 78.1 Å². The molecule has 1 saturated carbocycles. The Labute approximate surface area is 121 Å². The first-order valence-corrected chi connectivity index (χ1v) is 6.96. The van der Waals surface area contributed by atoms with E-state index in [1.165, 1.54) is 6.21 Å². The molecule has 1 aliphatic heterocycles. The van der Waals surface area contributed by atoms with E-state index in [4.69, 9.17) is 20.0 Å². The number of nitrogens with zero attached hydrogens (tertiary/aromatic N) is 1. The third-order valence-corrected chi connectivity index (χ3v) is 4.49. The van der Waals surface area contributed by atoms with Crippen molar-refractivity contribution in [3.8, 4) is 6.07 Å². The highest BCUT2D eigenvalue weighted by atomic mass is 16.7. The zero-order valence-corrected chi connectivity index (χ0v) is 12.6. The van der Waals surface area contributed by atoms with Gasteiger partial charge in [0.15, 0.2) is 0 Å². The quantitative estimate of drug-likeness (QED) is 0.594. The summed E-state index contributed by atoms with van der Waals surface area (Å²) in [6.45, 7) is 8.54. The molecule has 1 aliphatic carbocycles. The minimum absolute atomic E-state index is 0.209. The Hall–Kier alpha value is -1.32. The van der Waals surface area contributed by atoms with Gasteiger partial charge in [-0.2, -0.15) is 5.26 Å². The van der Waals surface area contributed by atoms with Gasteiger partial charge in [-0.1, -0.05) is 0 Å². The van der Waals surface area contributed by atoms with Crippen LogP contribution in [-0.4, -0.2) is 31.1 Å². The van der Waals surface area contributed by atoms with Crippen LogP contribution in [-0.2, 0) is 9.31 Å². The molecule has 2 rings (SSSR count). The van der Waals surface area contributed by atoms with Gasteiger partial charge >= 0.3 is 7.12 Å². The van der Waals surface area contributed by atoms with Gasteiger partial charge in [0.1, 0.15) is 0 Å². The molecule has 20 heavy (non-hydrogen) atoms. The second kappa shape index (κ2) is 4.90. The zero-order chi connectivity index (χ0) is 15.0. The molecule has 1 heterocycles. The first kappa shape index (κ1) is 15.1. The van der Waals surface area contributed by atoms with Crippen LogP contribution in [0.3, 0.4) is 0 Å². The smallest absolute Gasteiger partial charge is 0.399 e. The zero-order valence-electron chi connectivity index (χ0n) is 12.6. The SMILES string of the molecule is CC1(C)OB(/C(C=N)=C/NCC2(C#N)CC2)OC1(C)C. The van der Waals surface area contributed by atoms with Crippen molar-refractivity contribution in [1.82, 2.24) is 5.32 Å². The average Bonchev–Trinajstić information content (AvgIpc) is 3.09. The van der Waals surface area contributed by atoms with Gasteiger partial charge in [-0.3, -0.25) is 0 Å². The number of hydrogen-bond acceptors (Lipinski definition) is 5. The van der Waals surface area contributed by atoms with Crippen LogP contribution in [0.4, 0.5) is 0 Å². The van der Waals surface area contributed by atoms with Crippen LogP contribution in [0.1, 0.15) is 40.5 Å². The molecule has 108 valence electrons. The molecule has 0 radical (unpaired) electrons. The van der Waals surface area contributed by atoms with Crippen molar-refractivity contribution in [2.24, 2.45) is 5.41 Å². The van der Waals surface area contributed by atoms with Crippen molar-refractivity contribution >= 4 is 13.3 Å². The molecule has 0 unspecified atom stereocenters. The van der Waals surface area contributed by atoms with E-state index < -0.39 is 18.3 Å². The molecule has 5 nitrogen and oxygen atoms in total. The summed E-state index contributed by atoms with van der Waals surface area (Å²) >= 11 is 0. The highest BCUT2D eigenvalue weighted by Crippen LogP contribution is 2.44. The minimum atomic E-state index is -0.540. The van der Waals surface area contributed by atoms with Gasteiger partial charge in [0.25, 0.3) is 0 Å². The molecule has 0 aromatic heterocycles. The summed E-state index contributed by atoms with van der Waals surface area (Å²) in [5.74, 6) is 0. The van der Waals surface area contributed by atoms with Crippen molar-refractivity contribution in [3.05, 3.63) is 11.7 Å². The van der Waals surface area contributed by atoms with E-state index in [0.29, 0.717) is 12.0 Å². The molecule has 0 amide bonds. The fraction of sp³-hybridized carbons (Fsp3) is 0.714. The maximum absolute atomic E-state index is 9.02. The van der Waals surface area contributed by atoms with Crippen LogP contribution in [0, 0.1) is 22.2 Å². The molecule has 0 aromatic rings. The van der Waals surface area contributed by atoms with E-state index >= 15 is 0 Å². The van der Waals surface area contributed by atoms with Gasteiger partial charge in [-0.05, 0) is 46.7 Å². The highest BCUT2D eigenvalue weighted by Gasteiger charge is 2.52. The Balaban J connectivity index is 1.99. The molecule has 2 aliphatic rings. The van der Waals surface area contributed by atoms with Crippen LogP contribution >= 0.6 is 0 Å². The van der Waals surface area contributed by atoms with E-state index in [-0.39, 0.29) is 5.41 Å². The number of rotatable bonds is 5. The lowest BCUT2D eigenvalue weighted by molar-refractivity contribution is 0.00578. The van der Waals surface area contributed by atoms with Gasteiger partial charge in [-0.15, -0.1) is 0 Å². The largest absolute Gasteiger partial charge is 0.497 e. The molecular weight excluding hydrogens is 253 g/mol. The van der Waals surface area contributed by atoms with Gasteiger partial charge < -0.3 is 20.0 Å². The Morgan fingerprint density at radius 3 is 2.25 bits per heavy atom. The maximum Gasteiger partial charge on any atom is 0.497 e.